The van der Waals surface area contributed by atoms with E-state index in [9.17, 15) is 14.3 Å². The standard InChI is InChI=1S/C24H27FN2O3/c1-15(2)27-21-6-4-3-5-20(21)24(16-7-9-17(25)10-8-16)22(27)12-11-19(28)13-18(26)14-23(29)30/h3-12,15,18-19,28H,13-14,26H2,1-2H3,(H,29,30)/b12-11+/t18-,19-/m1/s1. The molecule has 2 aromatic carbocycles. The molecule has 3 rings (SSSR count). The van der Waals surface area contributed by atoms with Crippen LogP contribution in [0.5, 0.6) is 0 Å². The molecule has 1 heterocycles. The van der Waals surface area contributed by atoms with Gasteiger partial charge in [-0.1, -0.05) is 36.4 Å². The summed E-state index contributed by atoms with van der Waals surface area (Å²) in [5.41, 5.74) is 9.58. The number of aliphatic carboxylic acids is 1. The maximum absolute atomic E-state index is 13.5. The van der Waals surface area contributed by atoms with Crippen LogP contribution in [-0.4, -0.2) is 32.9 Å². The summed E-state index contributed by atoms with van der Waals surface area (Å²) in [5.74, 6) is -1.29. The maximum Gasteiger partial charge on any atom is 0.304 e. The van der Waals surface area contributed by atoms with Crippen molar-refractivity contribution in [2.45, 2.75) is 44.9 Å². The smallest absolute Gasteiger partial charge is 0.304 e. The molecule has 158 valence electrons. The van der Waals surface area contributed by atoms with Crippen molar-refractivity contribution in [3.8, 4) is 11.1 Å². The van der Waals surface area contributed by atoms with Crippen LogP contribution in [0.15, 0.2) is 54.6 Å². The summed E-state index contributed by atoms with van der Waals surface area (Å²) in [7, 11) is 0. The van der Waals surface area contributed by atoms with E-state index in [-0.39, 0.29) is 24.7 Å². The van der Waals surface area contributed by atoms with Crippen molar-refractivity contribution in [3.05, 3.63) is 66.1 Å². The van der Waals surface area contributed by atoms with E-state index in [0.717, 1.165) is 27.7 Å². The lowest BCUT2D eigenvalue weighted by molar-refractivity contribution is -0.137. The van der Waals surface area contributed by atoms with Crippen LogP contribution in [-0.2, 0) is 4.79 Å². The van der Waals surface area contributed by atoms with Crippen molar-refractivity contribution in [1.82, 2.24) is 4.57 Å². The Labute approximate surface area is 175 Å². The molecule has 0 fully saturated rings. The van der Waals surface area contributed by atoms with Gasteiger partial charge in [0.2, 0.25) is 0 Å². The zero-order chi connectivity index (χ0) is 21.8. The predicted octanol–water partition coefficient (Wildman–Crippen LogP) is 4.59. The van der Waals surface area contributed by atoms with Gasteiger partial charge in [-0.15, -0.1) is 0 Å². The summed E-state index contributed by atoms with van der Waals surface area (Å²) in [5, 5.41) is 20.3. The zero-order valence-electron chi connectivity index (χ0n) is 17.1. The van der Waals surface area contributed by atoms with E-state index < -0.39 is 18.1 Å². The van der Waals surface area contributed by atoms with Gasteiger partial charge in [0.1, 0.15) is 5.82 Å². The van der Waals surface area contributed by atoms with Crippen molar-refractivity contribution in [1.29, 1.82) is 0 Å². The number of para-hydroxylation sites is 1. The zero-order valence-corrected chi connectivity index (χ0v) is 17.1. The van der Waals surface area contributed by atoms with Gasteiger partial charge in [-0.2, -0.15) is 0 Å². The average Bonchev–Trinajstić information content (AvgIpc) is 3.00. The van der Waals surface area contributed by atoms with Crippen molar-refractivity contribution in [3.63, 3.8) is 0 Å². The average molecular weight is 410 g/mol. The summed E-state index contributed by atoms with van der Waals surface area (Å²) in [4.78, 5) is 10.8. The minimum Gasteiger partial charge on any atom is -0.481 e. The van der Waals surface area contributed by atoms with Gasteiger partial charge in [-0.25, -0.2) is 4.39 Å². The molecule has 1 aromatic heterocycles. The monoisotopic (exact) mass is 410 g/mol. The first-order valence-corrected chi connectivity index (χ1v) is 10.0. The van der Waals surface area contributed by atoms with E-state index in [2.05, 4.69) is 18.4 Å². The predicted molar refractivity (Wildman–Crippen MR) is 118 cm³/mol. The van der Waals surface area contributed by atoms with E-state index in [4.69, 9.17) is 10.8 Å². The Morgan fingerprint density at radius 3 is 2.47 bits per heavy atom. The normalized spacial score (nSPS) is 13.9. The van der Waals surface area contributed by atoms with Crippen LogP contribution >= 0.6 is 0 Å². The number of carbonyl (C=O) groups is 1. The molecule has 4 N–H and O–H groups in total. The molecule has 0 saturated heterocycles. The maximum atomic E-state index is 13.5. The quantitative estimate of drug-likeness (QED) is 0.507. The molecule has 0 radical (unpaired) electrons. The number of hydrogen-bond donors (Lipinski definition) is 3. The van der Waals surface area contributed by atoms with Gasteiger partial charge < -0.3 is 20.5 Å². The lowest BCUT2D eigenvalue weighted by Crippen LogP contribution is -2.27. The van der Waals surface area contributed by atoms with Gasteiger partial charge in [-0.05, 0) is 50.1 Å². The summed E-state index contributed by atoms with van der Waals surface area (Å²) in [6.07, 6.45) is 2.56. The Morgan fingerprint density at radius 2 is 1.83 bits per heavy atom. The molecule has 0 unspecified atom stereocenters. The number of carboxylic acids is 1. The minimum absolute atomic E-state index is 0.148. The molecule has 3 aromatic rings. The van der Waals surface area contributed by atoms with Crippen molar-refractivity contribution in [2.24, 2.45) is 5.73 Å². The summed E-state index contributed by atoms with van der Waals surface area (Å²) in [6, 6.07) is 13.9. The minimum atomic E-state index is -0.989. The molecule has 2 atom stereocenters. The van der Waals surface area contributed by atoms with Gasteiger partial charge in [0.05, 0.1) is 12.5 Å². The second-order valence-corrected chi connectivity index (χ2v) is 7.77. The van der Waals surface area contributed by atoms with E-state index in [1.54, 1.807) is 18.2 Å². The molecule has 30 heavy (non-hydrogen) atoms. The lowest BCUT2D eigenvalue weighted by atomic mass is 10.0. The fraction of sp³-hybridized carbons (Fsp3) is 0.292. The number of halogens is 1. The molecule has 0 aliphatic heterocycles. The second kappa shape index (κ2) is 9.24. The highest BCUT2D eigenvalue weighted by atomic mass is 19.1. The van der Waals surface area contributed by atoms with Crippen LogP contribution in [0.2, 0.25) is 0 Å². The van der Waals surface area contributed by atoms with E-state index in [1.807, 2.05) is 30.3 Å². The third-order valence-corrected chi connectivity index (χ3v) is 5.06. The molecule has 5 nitrogen and oxygen atoms in total. The first-order valence-electron chi connectivity index (χ1n) is 10.0. The number of nitrogens with two attached hydrogens (primary N) is 1. The van der Waals surface area contributed by atoms with Crippen LogP contribution in [0.4, 0.5) is 4.39 Å². The van der Waals surface area contributed by atoms with Gasteiger partial charge >= 0.3 is 5.97 Å². The number of carboxylic acid groups (broad SMARTS) is 1. The van der Waals surface area contributed by atoms with Crippen LogP contribution in [0.25, 0.3) is 28.1 Å². The number of nitrogens with zero attached hydrogens (tertiary/aromatic N) is 1. The topological polar surface area (TPSA) is 88.5 Å². The van der Waals surface area contributed by atoms with Gasteiger partial charge in [0.25, 0.3) is 0 Å². The third kappa shape index (κ3) is 4.78. The third-order valence-electron chi connectivity index (χ3n) is 5.06. The van der Waals surface area contributed by atoms with Gasteiger partial charge in [0, 0.05) is 34.2 Å². The number of hydrogen-bond acceptors (Lipinski definition) is 3. The number of fused-ring (bicyclic) bond motifs is 1. The van der Waals surface area contributed by atoms with Crippen LogP contribution in [0, 0.1) is 5.82 Å². The lowest BCUT2D eigenvalue weighted by Gasteiger charge is -2.15. The second-order valence-electron chi connectivity index (χ2n) is 7.77. The first-order chi connectivity index (χ1) is 14.3. The molecule has 0 saturated carbocycles. The van der Waals surface area contributed by atoms with Crippen LogP contribution < -0.4 is 5.73 Å². The summed E-state index contributed by atoms with van der Waals surface area (Å²) < 4.78 is 15.7. The van der Waals surface area contributed by atoms with Gasteiger partial charge in [-0.3, -0.25) is 4.79 Å². The van der Waals surface area contributed by atoms with Crippen molar-refractivity contribution >= 4 is 22.9 Å². The number of benzene rings is 2. The Morgan fingerprint density at radius 1 is 1.17 bits per heavy atom. The van der Waals surface area contributed by atoms with Crippen LogP contribution in [0.3, 0.4) is 0 Å². The molecule has 0 amide bonds. The number of rotatable bonds is 8. The molecule has 6 heteroatoms. The van der Waals surface area contributed by atoms with Crippen molar-refractivity contribution < 1.29 is 19.4 Å². The largest absolute Gasteiger partial charge is 0.481 e. The molecule has 0 spiro atoms. The Balaban J connectivity index is 2.08. The molecular formula is C24H27FN2O3. The molecule has 0 bridgehead atoms. The fourth-order valence-corrected chi connectivity index (χ4v) is 3.82. The van der Waals surface area contributed by atoms with E-state index in [1.165, 1.54) is 12.1 Å². The molecule has 0 aliphatic carbocycles. The van der Waals surface area contributed by atoms with Gasteiger partial charge in [0.15, 0.2) is 0 Å². The Kier molecular flexibility index (Phi) is 6.70. The van der Waals surface area contributed by atoms with E-state index in [0.29, 0.717) is 0 Å². The van der Waals surface area contributed by atoms with E-state index >= 15 is 0 Å². The fourth-order valence-electron chi connectivity index (χ4n) is 3.82. The molecule has 0 aliphatic rings. The SMILES string of the molecule is CC(C)n1c(/C=C/[C@@H](O)C[C@@H](N)CC(=O)O)c(-c2ccc(F)cc2)c2ccccc21. The van der Waals surface area contributed by atoms with Crippen molar-refractivity contribution in [2.75, 3.05) is 0 Å². The summed E-state index contributed by atoms with van der Waals surface area (Å²) in [6.45, 7) is 4.16. The summed E-state index contributed by atoms with van der Waals surface area (Å²) >= 11 is 0. The highest BCUT2D eigenvalue weighted by molar-refractivity contribution is 6.01. The highest BCUT2D eigenvalue weighted by Gasteiger charge is 2.19. The number of aliphatic hydroxyl groups is 1. The molecular weight excluding hydrogens is 383 g/mol. The number of aliphatic hydroxyl groups excluding tert-OH is 1. The number of aromatic nitrogens is 1. The first kappa shape index (κ1) is 21.7. The Bertz CT molecular complexity index is 1050. The Hall–Kier alpha value is -2.96. The highest BCUT2D eigenvalue weighted by Crippen LogP contribution is 2.38. The van der Waals surface area contributed by atoms with Crippen LogP contribution in [0.1, 0.15) is 38.4 Å².